The molecule has 0 atom stereocenters. The van der Waals surface area contributed by atoms with Gasteiger partial charge in [0.15, 0.2) is 0 Å². The van der Waals surface area contributed by atoms with Crippen molar-refractivity contribution in [3.63, 3.8) is 0 Å². The highest BCUT2D eigenvalue weighted by atomic mass is 16.6. The number of benzene rings is 1. The zero-order valence-corrected chi connectivity index (χ0v) is 9.64. The van der Waals surface area contributed by atoms with Gasteiger partial charge in [0.1, 0.15) is 0 Å². The average Bonchev–Trinajstić information content (AvgIpc) is 2.28. The van der Waals surface area contributed by atoms with Gasteiger partial charge < -0.3 is 4.90 Å². The number of anilines is 1. The first-order chi connectivity index (χ1) is 7.60. The molecule has 1 aromatic rings. The summed E-state index contributed by atoms with van der Waals surface area (Å²) in [4.78, 5) is 12.4. The molecule has 4 nitrogen and oxygen atoms in total. The normalized spacial score (nSPS) is 9.88. The minimum atomic E-state index is -0.373. The van der Waals surface area contributed by atoms with Gasteiger partial charge in [-0.15, -0.1) is 6.58 Å². The molecular weight excluding hydrogens is 204 g/mol. The molecule has 16 heavy (non-hydrogen) atoms. The Balaban J connectivity index is 3.18. The van der Waals surface area contributed by atoms with Crippen LogP contribution in [0.5, 0.6) is 0 Å². The number of hydrogen-bond donors (Lipinski definition) is 0. The summed E-state index contributed by atoms with van der Waals surface area (Å²) in [6, 6.07) is 4.94. The highest BCUT2D eigenvalue weighted by Gasteiger charge is 2.11. The fourth-order valence-electron chi connectivity index (χ4n) is 1.55. The van der Waals surface area contributed by atoms with E-state index in [1.165, 1.54) is 6.07 Å². The van der Waals surface area contributed by atoms with Gasteiger partial charge in [-0.25, -0.2) is 0 Å². The van der Waals surface area contributed by atoms with Crippen molar-refractivity contribution in [1.82, 2.24) is 0 Å². The van der Waals surface area contributed by atoms with Crippen LogP contribution in [0.1, 0.15) is 12.5 Å². The smallest absolute Gasteiger partial charge is 0.269 e. The Kier molecular flexibility index (Phi) is 4.05. The molecule has 0 aliphatic rings. The second-order valence-electron chi connectivity index (χ2n) is 3.58. The maximum atomic E-state index is 10.7. The van der Waals surface area contributed by atoms with Gasteiger partial charge >= 0.3 is 0 Å². The monoisotopic (exact) mass is 220 g/mol. The molecule has 0 heterocycles. The molecule has 0 aromatic heterocycles. The molecular formula is C12H16N2O2. The van der Waals surface area contributed by atoms with Gasteiger partial charge in [0.25, 0.3) is 5.69 Å². The number of nitrogens with zero attached hydrogens (tertiary/aromatic N) is 2. The fourth-order valence-corrected chi connectivity index (χ4v) is 1.55. The molecule has 4 heteroatoms. The SMILES string of the molecule is C=CCc1cc([N+](=O)[O-])ccc1N(C)CC. The number of allylic oxidation sites excluding steroid dienone is 1. The molecule has 86 valence electrons. The second-order valence-corrected chi connectivity index (χ2v) is 3.58. The average molecular weight is 220 g/mol. The van der Waals surface area contributed by atoms with Crippen LogP contribution < -0.4 is 4.90 Å². The number of nitro groups is 1. The molecule has 0 radical (unpaired) electrons. The van der Waals surface area contributed by atoms with Crippen molar-refractivity contribution in [3.05, 3.63) is 46.5 Å². The zero-order valence-electron chi connectivity index (χ0n) is 9.64. The van der Waals surface area contributed by atoms with E-state index >= 15 is 0 Å². The van der Waals surface area contributed by atoms with E-state index in [4.69, 9.17) is 0 Å². The van der Waals surface area contributed by atoms with Crippen molar-refractivity contribution in [2.45, 2.75) is 13.3 Å². The van der Waals surface area contributed by atoms with Crippen molar-refractivity contribution in [3.8, 4) is 0 Å². The van der Waals surface area contributed by atoms with E-state index < -0.39 is 0 Å². The molecule has 0 saturated carbocycles. The van der Waals surface area contributed by atoms with Crippen molar-refractivity contribution in [2.24, 2.45) is 0 Å². The molecule has 0 spiro atoms. The number of hydrogen-bond acceptors (Lipinski definition) is 3. The summed E-state index contributed by atoms with van der Waals surface area (Å²) in [6.45, 7) is 6.57. The van der Waals surface area contributed by atoms with Gasteiger partial charge in [-0.3, -0.25) is 10.1 Å². The minimum absolute atomic E-state index is 0.130. The molecule has 0 fully saturated rings. The maximum Gasteiger partial charge on any atom is 0.269 e. The van der Waals surface area contributed by atoms with E-state index in [9.17, 15) is 10.1 Å². The van der Waals surface area contributed by atoms with Gasteiger partial charge in [-0.2, -0.15) is 0 Å². The van der Waals surface area contributed by atoms with E-state index in [0.29, 0.717) is 6.42 Å². The van der Waals surface area contributed by atoms with Crippen LogP contribution in [0.15, 0.2) is 30.9 Å². The Morgan fingerprint density at radius 1 is 1.56 bits per heavy atom. The lowest BCUT2D eigenvalue weighted by Crippen LogP contribution is -2.17. The van der Waals surface area contributed by atoms with Crippen LogP contribution >= 0.6 is 0 Å². The lowest BCUT2D eigenvalue weighted by Gasteiger charge is -2.19. The predicted octanol–water partition coefficient (Wildman–Crippen LogP) is 2.78. The molecule has 0 unspecified atom stereocenters. The number of nitro benzene ring substituents is 1. The molecule has 1 aromatic carbocycles. The van der Waals surface area contributed by atoms with Gasteiger partial charge in [-0.05, 0) is 25.0 Å². The van der Waals surface area contributed by atoms with E-state index in [0.717, 1.165) is 17.8 Å². The van der Waals surface area contributed by atoms with Crippen molar-refractivity contribution in [2.75, 3.05) is 18.5 Å². The summed E-state index contributed by atoms with van der Waals surface area (Å²) >= 11 is 0. The summed E-state index contributed by atoms with van der Waals surface area (Å²) < 4.78 is 0. The van der Waals surface area contributed by atoms with Crippen molar-refractivity contribution >= 4 is 11.4 Å². The van der Waals surface area contributed by atoms with Crippen LogP contribution in [0.25, 0.3) is 0 Å². The summed E-state index contributed by atoms with van der Waals surface area (Å²) in [5, 5.41) is 10.7. The molecule has 0 aliphatic heterocycles. The van der Waals surface area contributed by atoms with Crippen LogP contribution in [-0.2, 0) is 6.42 Å². The van der Waals surface area contributed by atoms with Crippen LogP contribution in [0.2, 0.25) is 0 Å². The largest absolute Gasteiger partial charge is 0.375 e. The Hall–Kier alpha value is -1.84. The first kappa shape index (κ1) is 12.2. The Bertz CT molecular complexity index is 402. The molecule has 0 saturated heterocycles. The van der Waals surface area contributed by atoms with E-state index in [1.54, 1.807) is 18.2 Å². The number of rotatable bonds is 5. The Morgan fingerprint density at radius 3 is 2.75 bits per heavy atom. The molecule has 1 rings (SSSR count). The van der Waals surface area contributed by atoms with Crippen LogP contribution in [0, 0.1) is 10.1 Å². The second kappa shape index (κ2) is 5.30. The summed E-state index contributed by atoms with van der Waals surface area (Å²) in [5.74, 6) is 0. The number of non-ortho nitro benzene ring substituents is 1. The van der Waals surface area contributed by atoms with E-state index in [2.05, 4.69) is 11.5 Å². The standard InChI is InChI=1S/C12H16N2O2/c1-4-6-10-9-11(14(15)16)7-8-12(10)13(3)5-2/h4,7-9H,1,5-6H2,2-3H3. The summed E-state index contributed by atoms with van der Waals surface area (Å²) in [5.41, 5.74) is 2.09. The zero-order chi connectivity index (χ0) is 12.1. The lowest BCUT2D eigenvalue weighted by atomic mass is 10.1. The lowest BCUT2D eigenvalue weighted by molar-refractivity contribution is -0.384. The molecule has 0 bridgehead atoms. The Labute approximate surface area is 95.3 Å². The Morgan fingerprint density at radius 2 is 2.25 bits per heavy atom. The van der Waals surface area contributed by atoms with Gasteiger partial charge in [0, 0.05) is 31.4 Å². The highest BCUT2D eigenvalue weighted by molar-refractivity contribution is 5.58. The summed E-state index contributed by atoms with van der Waals surface area (Å²) in [6.07, 6.45) is 2.40. The minimum Gasteiger partial charge on any atom is -0.375 e. The van der Waals surface area contributed by atoms with E-state index in [1.807, 2.05) is 14.0 Å². The van der Waals surface area contributed by atoms with Crippen molar-refractivity contribution in [1.29, 1.82) is 0 Å². The van der Waals surface area contributed by atoms with Crippen LogP contribution in [-0.4, -0.2) is 18.5 Å². The highest BCUT2D eigenvalue weighted by Crippen LogP contribution is 2.25. The first-order valence-corrected chi connectivity index (χ1v) is 5.19. The fraction of sp³-hybridized carbons (Fsp3) is 0.333. The third kappa shape index (κ3) is 2.59. The van der Waals surface area contributed by atoms with Gasteiger partial charge in [-0.1, -0.05) is 6.08 Å². The molecule has 0 amide bonds. The topological polar surface area (TPSA) is 46.4 Å². The third-order valence-corrected chi connectivity index (χ3v) is 2.52. The maximum absolute atomic E-state index is 10.7. The third-order valence-electron chi connectivity index (χ3n) is 2.52. The van der Waals surface area contributed by atoms with Gasteiger partial charge in [0.05, 0.1) is 4.92 Å². The van der Waals surface area contributed by atoms with Crippen LogP contribution in [0.3, 0.4) is 0 Å². The molecule has 0 N–H and O–H groups in total. The quantitative estimate of drug-likeness (QED) is 0.435. The molecule has 0 aliphatic carbocycles. The van der Waals surface area contributed by atoms with Crippen LogP contribution in [0.4, 0.5) is 11.4 Å². The van der Waals surface area contributed by atoms with E-state index in [-0.39, 0.29) is 10.6 Å². The van der Waals surface area contributed by atoms with Crippen molar-refractivity contribution < 1.29 is 4.92 Å². The predicted molar refractivity (Wildman–Crippen MR) is 65.9 cm³/mol. The van der Waals surface area contributed by atoms with Gasteiger partial charge in [0.2, 0.25) is 0 Å². The first-order valence-electron chi connectivity index (χ1n) is 5.19. The summed E-state index contributed by atoms with van der Waals surface area (Å²) in [7, 11) is 1.97.